The van der Waals surface area contributed by atoms with Gasteiger partial charge in [-0.1, -0.05) is 37.3 Å². The molecule has 0 bridgehead atoms. The molecule has 2 unspecified atom stereocenters. The highest BCUT2D eigenvalue weighted by molar-refractivity contribution is 5.85. The summed E-state index contributed by atoms with van der Waals surface area (Å²) in [6.07, 6.45) is 3.55. The molecule has 0 aliphatic carbocycles. The Morgan fingerprint density at radius 1 is 1.10 bits per heavy atom. The summed E-state index contributed by atoms with van der Waals surface area (Å²) in [6, 6.07) is 10.2. The van der Waals surface area contributed by atoms with E-state index in [9.17, 15) is 9.59 Å². The van der Waals surface area contributed by atoms with Gasteiger partial charge in [0.1, 0.15) is 0 Å². The number of halogens is 1. The number of nitrogens with two attached hydrogens (primary N) is 1. The molecule has 0 aromatic heterocycles. The molecule has 162 valence electrons. The topological polar surface area (TPSA) is 69.9 Å². The largest absolute Gasteiger partial charge is 0.338 e. The Morgan fingerprint density at radius 3 is 2.38 bits per heavy atom. The van der Waals surface area contributed by atoms with Crippen LogP contribution >= 0.6 is 12.4 Å². The summed E-state index contributed by atoms with van der Waals surface area (Å²) in [4.78, 5) is 31.4. The van der Waals surface area contributed by atoms with Gasteiger partial charge in [0, 0.05) is 51.7 Å². The van der Waals surface area contributed by atoms with Crippen molar-refractivity contribution in [2.24, 2.45) is 17.6 Å². The van der Waals surface area contributed by atoms with Crippen LogP contribution in [0.15, 0.2) is 30.3 Å². The lowest BCUT2D eigenvalue weighted by molar-refractivity contribution is -0.141. The standard InChI is InChI=1S/C22H34N4O2.ClH/c1-17-8-13-26(20(14-17)15-23)21(27)19-9-11-25(12-10-19)22(28)24(2)16-18-6-4-3-5-7-18;/h3-7,17,19-20H,8-16,23H2,1-2H3;1H. The lowest BCUT2D eigenvalue weighted by Crippen LogP contribution is -2.53. The summed E-state index contributed by atoms with van der Waals surface area (Å²) >= 11 is 0. The fraction of sp³-hybridized carbons (Fsp3) is 0.636. The quantitative estimate of drug-likeness (QED) is 0.810. The van der Waals surface area contributed by atoms with Crippen LogP contribution in [-0.2, 0) is 11.3 Å². The molecule has 3 amide bonds. The molecule has 7 heteroatoms. The molecule has 6 nitrogen and oxygen atoms in total. The van der Waals surface area contributed by atoms with E-state index >= 15 is 0 Å². The highest BCUT2D eigenvalue weighted by Gasteiger charge is 2.35. The zero-order valence-electron chi connectivity index (χ0n) is 17.6. The Balaban J connectivity index is 0.00000300. The summed E-state index contributed by atoms with van der Waals surface area (Å²) in [5.41, 5.74) is 7.05. The number of carbonyl (C=O) groups excluding carboxylic acids is 2. The molecule has 2 N–H and O–H groups in total. The number of piperidine rings is 2. The first-order valence-corrected chi connectivity index (χ1v) is 10.5. The molecule has 2 fully saturated rings. The third-order valence-electron chi connectivity index (χ3n) is 6.24. The van der Waals surface area contributed by atoms with Crippen LogP contribution < -0.4 is 5.73 Å². The molecule has 2 aliphatic rings. The predicted molar refractivity (Wildman–Crippen MR) is 118 cm³/mol. The predicted octanol–water partition coefficient (Wildman–Crippen LogP) is 2.96. The van der Waals surface area contributed by atoms with Crippen LogP contribution in [0.4, 0.5) is 4.79 Å². The SMILES string of the molecule is CC1CCN(C(=O)C2CCN(C(=O)N(C)Cc3ccccc3)CC2)C(CN)C1.Cl. The van der Waals surface area contributed by atoms with E-state index in [0.717, 1.165) is 37.8 Å². The van der Waals surface area contributed by atoms with Crippen molar-refractivity contribution in [2.75, 3.05) is 33.2 Å². The first-order valence-electron chi connectivity index (χ1n) is 10.5. The number of nitrogens with zero attached hydrogens (tertiary/aromatic N) is 3. The van der Waals surface area contributed by atoms with E-state index < -0.39 is 0 Å². The number of rotatable bonds is 4. The summed E-state index contributed by atoms with van der Waals surface area (Å²) in [5, 5.41) is 0. The second-order valence-electron chi connectivity index (χ2n) is 8.44. The van der Waals surface area contributed by atoms with Crippen LogP contribution in [0, 0.1) is 11.8 Å². The van der Waals surface area contributed by atoms with Gasteiger partial charge < -0.3 is 20.4 Å². The van der Waals surface area contributed by atoms with Gasteiger partial charge in [-0.15, -0.1) is 12.4 Å². The number of benzene rings is 1. The molecule has 0 spiro atoms. The molecule has 0 radical (unpaired) electrons. The highest BCUT2D eigenvalue weighted by Crippen LogP contribution is 2.27. The van der Waals surface area contributed by atoms with Crippen LogP contribution in [-0.4, -0.2) is 65.9 Å². The van der Waals surface area contributed by atoms with Gasteiger partial charge in [-0.25, -0.2) is 4.79 Å². The Kier molecular flexibility index (Phi) is 8.78. The van der Waals surface area contributed by atoms with Crippen LogP contribution in [0.1, 0.15) is 38.2 Å². The third-order valence-corrected chi connectivity index (χ3v) is 6.24. The van der Waals surface area contributed by atoms with Gasteiger partial charge in [-0.05, 0) is 37.2 Å². The van der Waals surface area contributed by atoms with E-state index in [1.807, 2.05) is 47.2 Å². The maximum atomic E-state index is 13.0. The Bertz CT molecular complexity index is 664. The number of carbonyl (C=O) groups is 2. The smallest absolute Gasteiger partial charge is 0.320 e. The van der Waals surface area contributed by atoms with Gasteiger partial charge in [0.25, 0.3) is 0 Å². The summed E-state index contributed by atoms with van der Waals surface area (Å²) in [5.74, 6) is 0.898. The van der Waals surface area contributed by atoms with Crippen molar-refractivity contribution >= 4 is 24.3 Å². The summed E-state index contributed by atoms with van der Waals surface area (Å²) in [6.45, 7) is 5.49. The monoisotopic (exact) mass is 422 g/mol. The maximum absolute atomic E-state index is 13.0. The van der Waals surface area contributed by atoms with Crippen molar-refractivity contribution in [3.8, 4) is 0 Å². The van der Waals surface area contributed by atoms with Crippen LogP contribution in [0.5, 0.6) is 0 Å². The minimum absolute atomic E-state index is 0. The van der Waals surface area contributed by atoms with E-state index in [1.165, 1.54) is 0 Å². The van der Waals surface area contributed by atoms with Crippen LogP contribution in [0.25, 0.3) is 0 Å². The Labute approximate surface area is 180 Å². The van der Waals surface area contributed by atoms with Crippen molar-refractivity contribution < 1.29 is 9.59 Å². The second-order valence-corrected chi connectivity index (χ2v) is 8.44. The van der Waals surface area contributed by atoms with Crippen LogP contribution in [0.3, 0.4) is 0 Å². The maximum Gasteiger partial charge on any atom is 0.320 e. The number of hydrogen-bond donors (Lipinski definition) is 1. The van der Waals surface area contributed by atoms with Crippen molar-refractivity contribution in [2.45, 2.75) is 45.2 Å². The molecule has 2 atom stereocenters. The zero-order valence-corrected chi connectivity index (χ0v) is 18.4. The fourth-order valence-corrected chi connectivity index (χ4v) is 4.48. The molecule has 1 aromatic carbocycles. The first-order chi connectivity index (χ1) is 13.5. The molecule has 29 heavy (non-hydrogen) atoms. The van der Waals surface area contributed by atoms with E-state index in [-0.39, 0.29) is 36.3 Å². The molecular weight excluding hydrogens is 388 g/mol. The molecule has 2 saturated heterocycles. The lowest BCUT2D eigenvalue weighted by Gasteiger charge is -2.41. The summed E-state index contributed by atoms with van der Waals surface area (Å²) < 4.78 is 0. The third kappa shape index (κ3) is 5.86. The molecule has 1 aromatic rings. The lowest BCUT2D eigenvalue weighted by atomic mass is 9.89. The zero-order chi connectivity index (χ0) is 20.1. The molecule has 3 rings (SSSR count). The van der Waals surface area contributed by atoms with Gasteiger partial charge in [0.2, 0.25) is 5.91 Å². The number of likely N-dealkylation sites (tertiary alicyclic amines) is 2. The van der Waals surface area contributed by atoms with Crippen molar-refractivity contribution in [3.05, 3.63) is 35.9 Å². The molecular formula is C22H35ClN4O2. The van der Waals surface area contributed by atoms with E-state index in [1.54, 1.807) is 4.90 Å². The van der Waals surface area contributed by atoms with Gasteiger partial charge in [0.15, 0.2) is 0 Å². The number of amides is 3. The van der Waals surface area contributed by atoms with E-state index in [0.29, 0.717) is 32.1 Å². The van der Waals surface area contributed by atoms with Gasteiger partial charge in [-0.3, -0.25) is 4.79 Å². The van der Waals surface area contributed by atoms with E-state index in [4.69, 9.17) is 5.73 Å². The molecule has 0 saturated carbocycles. The van der Waals surface area contributed by atoms with Crippen LogP contribution in [0.2, 0.25) is 0 Å². The second kappa shape index (κ2) is 10.8. The van der Waals surface area contributed by atoms with Gasteiger partial charge >= 0.3 is 6.03 Å². The molecule has 2 heterocycles. The molecule has 2 aliphatic heterocycles. The van der Waals surface area contributed by atoms with Crippen molar-refractivity contribution in [3.63, 3.8) is 0 Å². The Morgan fingerprint density at radius 2 is 1.76 bits per heavy atom. The number of urea groups is 1. The Hall–Kier alpha value is -1.79. The minimum Gasteiger partial charge on any atom is -0.338 e. The van der Waals surface area contributed by atoms with Gasteiger partial charge in [0.05, 0.1) is 0 Å². The minimum atomic E-state index is 0. The van der Waals surface area contributed by atoms with E-state index in [2.05, 4.69) is 6.92 Å². The first kappa shape index (κ1) is 23.5. The normalized spacial score (nSPS) is 22.7. The fourth-order valence-electron chi connectivity index (χ4n) is 4.48. The van der Waals surface area contributed by atoms with Crippen molar-refractivity contribution in [1.29, 1.82) is 0 Å². The summed E-state index contributed by atoms with van der Waals surface area (Å²) in [7, 11) is 1.84. The van der Waals surface area contributed by atoms with Gasteiger partial charge in [-0.2, -0.15) is 0 Å². The average Bonchev–Trinajstić information content (AvgIpc) is 2.73. The highest BCUT2D eigenvalue weighted by atomic mass is 35.5. The average molecular weight is 423 g/mol. The van der Waals surface area contributed by atoms with Crippen molar-refractivity contribution in [1.82, 2.24) is 14.7 Å². The number of hydrogen-bond acceptors (Lipinski definition) is 3.